The SMILES string of the molecule is CCC1(COC(C)=O)C(OC(=O)CCSCCC(O)COC(=O)CCCN(CCCC(C)C)C(C)C)CC1OC(=O)CCSCCC(O)COC(=O)NCCN(CCNC(C)C)C(C)C. The molecule has 18 heteroatoms. The van der Waals surface area contributed by atoms with Crippen LogP contribution < -0.4 is 10.6 Å². The van der Waals surface area contributed by atoms with Crippen LogP contribution in [0.15, 0.2) is 0 Å². The van der Waals surface area contributed by atoms with Crippen molar-refractivity contribution in [3.8, 4) is 0 Å². The Hall–Kier alpha value is -2.35. The Kier molecular flexibility index (Phi) is 32.5. The second kappa shape index (κ2) is 34.9. The van der Waals surface area contributed by atoms with Crippen LogP contribution in [0.5, 0.6) is 0 Å². The van der Waals surface area contributed by atoms with Crippen LogP contribution in [-0.2, 0) is 42.9 Å². The van der Waals surface area contributed by atoms with Crippen LogP contribution in [0, 0.1) is 11.3 Å². The average Bonchev–Trinajstić information content (AvgIpc) is 3.22. The van der Waals surface area contributed by atoms with Crippen molar-refractivity contribution in [3.63, 3.8) is 0 Å². The summed E-state index contributed by atoms with van der Waals surface area (Å²) in [4.78, 5) is 66.6. The largest absolute Gasteiger partial charge is 0.465 e. The highest BCUT2D eigenvalue weighted by Gasteiger charge is 2.59. The third-order valence-corrected chi connectivity index (χ3v) is 13.6. The van der Waals surface area contributed by atoms with Crippen LogP contribution in [-0.4, -0.2) is 175 Å². The lowest BCUT2D eigenvalue weighted by atomic mass is 9.62. The summed E-state index contributed by atoms with van der Waals surface area (Å²) < 4.78 is 27.5. The van der Waals surface area contributed by atoms with Crippen LogP contribution in [0.3, 0.4) is 0 Å². The molecule has 0 saturated heterocycles. The lowest BCUT2D eigenvalue weighted by Crippen LogP contribution is -2.62. The first-order valence-corrected chi connectivity index (χ1v) is 26.4. The highest BCUT2D eigenvalue weighted by atomic mass is 32.2. The van der Waals surface area contributed by atoms with E-state index in [1.807, 2.05) is 6.92 Å². The number of hydrogen-bond acceptors (Lipinski definition) is 17. The number of alkyl carbamates (subject to hydrolysis) is 1. The lowest BCUT2D eigenvalue weighted by Gasteiger charge is -2.52. The number of aliphatic hydroxyl groups excluding tert-OH is 2. The molecule has 4 N–H and O–H groups in total. The number of nitrogens with zero attached hydrogens (tertiary/aromatic N) is 2. The number of ether oxygens (including phenoxy) is 5. The molecule has 16 nitrogen and oxygen atoms in total. The molecular weight excluding hydrogens is 877 g/mol. The fraction of sp³-hybridized carbons (Fsp3) is 0.894. The molecule has 1 aliphatic rings. The molecule has 0 aromatic carbocycles. The molecule has 1 saturated carbocycles. The maximum atomic E-state index is 12.9. The van der Waals surface area contributed by atoms with Gasteiger partial charge in [0.05, 0.1) is 30.5 Å². The Balaban J connectivity index is 2.35. The zero-order valence-corrected chi connectivity index (χ0v) is 43.2. The predicted octanol–water partition coefficient (Wildman–Crippen LogP) is 5.83. The van der Waals surface area contributed by atoms with Gasteiger partial charge in [0.25, 0.3) is 0 Å². The van der Waals surface area contributed by atoms with E-state index >= 15 is 0 Å². The molecule has 0 heterocycles. The highest BCUT2D eigenvalue weighted by molar-refractivity contribution is 7.99. The van der Waals surface area contributed by atoms with Crippen molar-refractivity contribution in [1.29, 1.82) is 0 Å². The maximum absolute atomic E-state index is 12.9. The highest BCUT2D eigenvalue weighted by Crippen LogP contribution is 2.49. The van der Waals surface area contributed by atoms with E-state index in [1.54, 1.807) is 0 Å². The molecular formula is C47H88N4O12S2. The molecule has 0 aliphatic heterocycles. The van der Waals surface area contributed by atoms with E-state index in [2.05, 4.69) is 75.8 Å². The molecule has 0 aromatic rings. The fourth-order valence-electron chi connectivity index (χ4n) is 7.24. The third-order valence-electron chi connectivity index (χ3n) is 11.5. The zero-order chi connectivity index (χ0) is 48.8. The molecule has 380 valence electrons. The van der Waals surface area contributed by atoms with Gasteiger partial charge in [0.15, 0.2) is 0 Å². The van der Waals surface area contributed by atoms with Gasteiger partial charge in [0.2, 0.25) is 0 Å². The molecule has 1 fully saturated rings. The number of carbonyl (C=O) groups excluding carboxylic acids is 5. The van der Waals surface area contributed by atoms with Gasteiger partial charge in [-0.15, -0.1) is 0 Å². The van der Waals surface area contributed by atoms with E-state index in [9.17, 15) is 34.2 Å². The minimum absolute atomic E-state index is 0.0555. The Morgan fingerprint density at radius 1 is 0.662 bits per heavy atom. The standard InChI is InChI=1S/C47H88N4O12S2/c1-11-47(33-61-38(10)52)41(62-44(56)18-28-64-26-16-39(53)31-59-43(55)15-13-23-50(36(6)7)22-12-14-34(2)3)30-42(47)63-45(57)19-29-65-27-17-40(54)32-60-46(58)49-21-25-51(37(8)9)24-20-48-35(4)5/h34-37,39-42,48,53-54H,11-33H2,1-10H3,(H,49,58). The number of carbonyl (C=O) groups is 5. The van der Waals surface area contributed by atoms with Crippen LogP contribution >= 0.6 is 23.5 Å². The Bertz CT molecular complexity index is 1260. The summed E-state index contributed by atoms with van der Waals surface area (Å²) in [7, 11) is 0. The van der Waals surface area contributed by atoms with Crippen molar-refractivity contribution in [2.24, 2.45) is 11.3 Å². The van der Waals surface area contributed by atoms with Crippen molar-refractivity contribution >= 4 is 53.5 Å². The van der Waals surface area contributed by atoms with Gasteiger partial charge in [0, 0.05) is 75.6 Å². The van der Waals surface area contributed by atoms with E-state index in [-0.39, 0.29) is 45.1 Å². The van der Waals surface area contributed by atoms with E-state index in [0.717, 1.165) is 32.6 Å². The Morgan fingerprint density at radius 3 is 1.69 bits per heavy atom. The van der Waals surface area contributed by atoms with Crippen LogP contribution in [0.25, 0.3) is 0 Å². The molecule has 65 heavy (non-hydrogen) atoms. The lowest BCUT2D eigenvalue weighted by molar-refractivity contribution is -0.228. The summed E-state index contributed by atoms with van der Waals surface area (Å²) in [5.74, 6) is 1.08. The summed E-state index contributed by atoms with van der Waals surface area (Å²) in [6.45, 7) is 24.9. The predicted molar refractivity (Wildman–Crippen MR) is 259 cm³/mol. The molecule has 0 bridgehead atoms. The van der Waals surface area contributed by atoms with Crippen LogP contribution in [0.4, 0.5) is 4.79 Å². The molecule has 5 atom stereocenters. The molecule has 0 aromatic heterocycles. The van der Waals surface area contributed by atoms with E-state index < -0.39 is 53.8 Å². The fourth-order valence-corrected chi connectivity index (χ4v) is 9.15. The summed E-state index contributed by atoms with van der Waals surface area (Å²) >= 11 is 2.96. The number of esters is 4. The Morgan fingerprint density at radius 2 is 1.18 bits per heavy atom. The van der Waals surface area contributed by atoms with Crippen molar-refractivity contribution in [2.45, 2.75) is 176 Å². The second-order valence-electron chi connectivity index (χ2n) is 18.4. The molecule has 5 unspecified atom stereocenters. The topological polar surface area (TPSA) is 202 Å². The summed E-state index contributed by atoms with van der Waals surface area (Å²) in [5.41, 5.74) is -0.866. The number of thioether (sulfide) groups is 2. The number of rotatable bonds is 38. The molecule has 1 aliphatic carbocycles. The van der Waals surface area contributed by atoms with E-state index in [1.165, 1.54) is 36.9 Å². The number of hydrogen-bond donors (Lipinski definition) is 4. The summed E-state index contributed by atoms with van der Waals surface area (Å²) in [5, 5.41) is 26.8. The molecule has 1 amide bonds. The summed E-state index contributed by atoms with van der Waals surface area (Å²) in [6, 6.07) is 1.16. The molecule has 0 radical (unpaired) electrons. The van der Waals surface area contributed by atoms with Gasteiger partial charge in [-0.3, -0.25) is 24.1 Å². The number of amides is 1. The van der Waals surface area contributed by atoms with E-state index in [0.29, 0.717) is 92.2 Å². The monoisotopic (exact) mass is 965 g/mol. The molecule has 0 spiro atoms. The first-order chi connectivity index (χ1) is 30.8. The molecule has 1 rings (SSSR count). The van der Waals surface area contributed by atoms with Gasteiger partial charge in [0.1, 0.15) is 32.0 Å². The normalized spacial score (nSPS) is 18.2. The van der Waals surface area contributed by atoms with E-state index in [4.69, 9.17) is 23.7 Å². The van der Waals surface area contributed by atoms with Gasteiger partial charge >= 0.3 is 30.0 Å². The zero-order valence-electron chi connectivity index (χ0n) is 41.6. The van der Waals surface area contributed by atoms with Gasteiger partial charge in [-0.1, -0.05) is 34.6 Å². The van der Waals surface area contributed by atoms with Gasteiger partial charge in [-0.2, -0.15) is 23.5 Å². The summed E-state index contributed by atoms with van der Waals surface area (Å²) in [6.07, 6.45) is 1.73. The Labute approximate surface area is 399 Å². The quantitative estimate of drug-likeness (QED) is 0.0327. The van der Waals surface area contributed by atoms with Crippen LogP contribution in [0.1, 0.15) is 133 Å². The van der Waals surface area contributed by atoms with Gasteiger partial charge < -0.3 is 49.4 Å². The number of nitrogens with one attached hydrogen (secondary N) is 2. The van der Waals surface area contributed by atoms with Crippen LogP contribution in [0.2, 0.25) is 0 Å². The average molecular weight is 965 g/mol. The first kappa shape index (κ1) is 60.7. The van der Waals surface area contributed by atoms with Crippen molar-refractivity contribution in [3.05, 3.63) is 0 Å². The first-order valence-electron chi connectivity index (χ1n) is 24.1. The smallest absolute Gasteiger partial charge is 0.407 e. The van der Waals surface area contributed by atoms with Crippen molar-refractivity contribution in [2.75, 3.05) is 82.1 Å². The van der Waals surface area contributed by atoms with Crippen molar-refractivity contribution in [1.82, 2.24) is 20.4 Å². The minimum atomic E-state index is -0.866. The van der Waals surface area contributed by atoms with Gasteiger partial charge in [-0.05, 0) is 96.7 Å². The minimum Gasteiger partial charge on any atom is -0.465 e. The van der Waals surface area contributed by atoms with Crippen molar-refractivity contribution < 1.29 is 57.9 Å². The number of aliphatic hydroxyl groups is 2. The second-order valence-corrected chi connectivity index (χ2v) is 20.8. The van der Waals surface area contributed by atoms with Gasteiger partial charge in [-0.25, -0.2) is 4.79 Å². The maximum Gasteiger partial charge on any atom is 0.407 e. The third kappa shape index (κ3) is 27.9.